The second kappa shape index (κ2) is 6.30. The fourth-order valence-corrected chi connectivity index (χ4v) is 3.22. The van der Waals surface area contributed by atoms with Crippen molar-refractivity contribution in [1.82, 2.24) is 14.9 Å². The number of aromatic amines is 1. The number of rotatable bonds is 4. The third-order valence-corrected chi connectivity index (χ3v) is 4.42. The van der Waals surface area contributed by atoms with E-state index < -0.39 is 0 Å². The van der Waals surface area contributed by atoms with Crippen molar-refractivity contribution in [2.45, 2.75) is 45.1 Å². The number of carbonyl (C=O) groups is 2. The Morgan fingerprint density at radius 1 is 1.41 bits per heavy atom. The van der Waals surface area contributed by atoms with Gasteiger partial charge >= 0.3 is 0 Å². The van der Waals surface area contributed by atoms with E-state index >= 15 is 0 Å². The third-order valence-electron chi connectivity index (χ3n) is 4.42. The van der Waals surface area contributed by atoms with Crippen LogP contribution in [0.15, 0.2) is 24.5 Å². The quantitative estimate of drug-likeness (QED) is 0.943. The third kappa shape index (κ3) is 2.75. The van der Waals surface area contributed by atoms with Gasteiger partial charge < -0.3 is 9.88 Å². The molecule has 1 aliphatic rings. The number of H-pyrrole nitrogens is 1. The highest BCUT2D eigenvalue weighted by Crippen LogP contribution is 2.22. The number of carbonyl (C=O) groups excluding carboxylic acids is 2. The second-order valence-corrected chi connectivity index (χ2v) is 5.81. The van der Waals surface area contributed by atoms with E-state index in [1.165, 1.54) is 0 Å². The molecule has 1 atom stereocenters. The van der Waals surface area contributed by atoms with Crippen molar-refractivity contribution in [3.63, 3.8) is 0 Å². The number of likely N-dealkylation sites (tertiary alicyclic amines) is 1. The molecule has 2 aromatic heterocycles. The zero-order valence-corrected chi connectivity index (χ0v) is 12.8. The summed E-state index contributed by atoms with van der Waals surface area (Å²) in [6, 6.07) is 3.61. The minimum absolute atomic E-state index is 0.0382. The van der Waals surface area contributed by atoms with Crippen LogP contribution in [0.3, 0.4) is 0 Å². The van der Waals surface area contributed by atoms with E-state index in [-0.39, 0.29) is 17.7 Å². The van der Waals surface area contributed by atoms with Crippen molar-refractivity contribution >= 4 is 22.7 Å². The van der Waals surface area contributed by atoms with Gasteiger partial charge in [0.1, 0.15) is 5.65 Å². The number of piperidine rings is 1. The molecule has 0 bridgehead atoms. The first kappa shape index (κ1) is 14.8. The first-order valence-electron chi connectivity index (χ1n) is 7.94. The van der Waals surface area contributed by atoms with Gasteiger partial charge in [0, 0.05) is 30.7 Å². The summed E-state index contributed by atoms with van der Waals surface area (Å²) in [5, 5.41) is 0.978. The molecule has 1 amide bonds. The van der Waals surface area contributed by atoms with Crippen molar-refractivity contribution in [3.8, 4) is 0 Å². The van der Waals surface area contributed by atoms with Gasteiger partial charge in [0.15, 0.2) is 5.78 Å². The van der Waals surface area contributed by atoms with E-state index in [0.29, 0.717) is 19.4 Å². The zero-order chi connectivity index (χ0) is 15.5. The highest BCUT2D eigenvalue weighted by molar-refractivity contribution is 5.91. The fraction of sp³-hybridized carbons (Fsp3) is 0.471. The van der Waals surface area contributed by atoms with Crippen LogP contribution in [-0.2, 0) is 16.0 Å². The molecule has 1 fully saturated rings. The maximum absolute atomic E-state index is 12.7. The van der Waals surface area contributed by atoms with Crippen molar-refractivity contribution in [3.05, 3.63) is 30.1 Å². The minimum atomic E-state index is -0.227. The number of ketones is 1. The molecule has 0 saturated carbocycles. The Morgan fingerprint density at radius 2 is 2.27 bits per heavy atom. The largest absolute Gasteiger partial charge is 0.346 e. The molecule has 1 N–H and O–H groups in total. The summed E-state index contributed by atoms with van der Waals surface area (Å²) in [5.74, 6) is 0.213. The van der Waals surface area contributed by atoms with E-state index in [1.54, 1.807) is 11.1 Å². The Kier molecular flexibility index (Phi) is 4.22. The number of hydrogen-bond donors (Lipinski definition) is 1. The van der Waals surface area contributed by atoms with E-state index in [9.17, 15) is 9.59 Å². The van der Waals surface area contributed by atoms with Gasteiger partial charge in [-0.05, 0) is 37.0 Å². The highest BCUT2D eigenvalue weighted by atomic mass is 16.2. The lowest BCUT2D eigenvalue weighted by Crippen LogP contribution is -2.48. The number of amides is 1. The second-order valence-electron chi connectivity index (χ2n) is 5.81. The van der Waals surface area contributed by atoms with Crippen molar-refractivity contribution in [2.75, 3.05) is 6.54 Å². The number of Topliss-reactive ketones (excluding diaryl/α,β-unsaturated/α-hetero) is 1. The van der Waals surface area contributed by atoms with Gasteiger partial charge in [-0.1, -0.05) is 6.92 Å². The summed E-state index contributed by atoms with van der Waals surface area (Å²) in [4.78, 5) is 33.9. The molecule has 5 nitrogen and oxygen atoms in total. The Balaban J connectivity index is 1.79. The van der Waals surface area contributed by atoms with Crippen LogP contribution in [0.5, 0.6) is 0 Å². The molecule has 1 saturated heterocycles. The number of aromatic nitrogens is 2. The maximum Gasteiger partial charge on any atom is 0.227 e. The first-order valence-corrected chi connectivity index (χ1v) is 7.94. The Hall–Kier alpha value is -2.17. The van der Waals surface area contributed by atoms with E-state index in [2.05, 4.69) is 9.97 Å². The molecular weight excluding hydrogens is 278 g/mol. The topological polar surface area (TPSA) is 66.1 Å². The van der Waals surface area contributed by atoms with Crippen LogP contribution >= 0.6 is 0 Å². The van der Waals surface area contributed by atoms with Crippen LogP contribution in [0, 0.1) is 0 Å². The average Bonchev–Trinajstić information content (AvgIpc) is 2.97. The standard InChI is InChI=1S/C17H21N3O2/c1-2-15(21)14-7-3-4-9-20(14)16(22)10-12-11-19-17-13(12)6-5-8-18-17/h5-6,8,11,14H,2-4,7,9-10H2,1H3,(H,18,19)/t14-/m1/s1. The minimum Gasteiger partial charge on any atom is -0.346 e. The van der Waals surface area contributed by atoms with Gasteiger partial charge in [0.2, 0.25) is 5.91 Å². The number of fused-ring (bicyclic) bond motifs is 1. The highest BCUT2D eigenvalue weighted by Gasteiger charge is 2.31. The summed E-state index contributed by atoms with van der Waals surface area (Å²) in [6.45, 7) is 2.56. The molecule has 2 aromatic rings. The van der Waals surface area contributed by atoms with Crippen molar-refractivity contribution in [2.24, 2.45) is 0 Å². The predicted molar refractivity (Wildman–Crippen MR) is 84.4 cm³/mol. The van der Waals surface area contributed by atoms with Gasteiger partial charge in [-0.25, -0.2) is 4.98 Å². The summed E-state index contributed by atoms with van der Waals surface area (Å²) in [5.41, 5.74) is 1.74. The zero-order valence-electron chi connectivity index (χ0n) is 12.8. The average molecular weight is 299 g/mol. The molecule has 1 aliphatic heterocycles. The smallest absolute Gasteiger partial charge is 0.227 e. The number of hydrogen-bond acceptors (Lipinski definition) is 3. The fourth-order valence-electron chi connectivity index (χ4n) is 3.22. The van der Waals surface area contributed by atoms with Crippen LogP contribution in [-0.4, -0.2) is 39.1 Å². The van der Waals surface area contributed by atoms with Crippen molar-refractivity contribution < 1.29 is 9.59 Å². The van der Waals surface area contributed by atoms with Gasteiger partial charge in [-0.15, -0.1) is 0 Å². The summed E-state index contributed by atoms with van der Waals surface area (Å²) in [6.07, 6.45) is 7.19. The van der Waals surface area contributed by atoms with E-state index in [1.807, 2.05) is 25.3 Å². The molecule has 0 aromatic carbocycles. The van der Waals surface area contributed by atoms with Gasteiger partial charge in [0.25, 0.3) is 0 Å². The lowest BCUT2D eigenvalue weighted by molar-refractivity contribution is -0.140. The number of nitrogens with one attached hydrogen (secondary N) is 1. The number of pyridine rings is 1. The number of nitrogens with zero attached hydrogens (tertiary/aromatic N) is 2. The Labute approximate surface area is 129 Å². The van der Waals surface area contributed by atoms with Crippen molar-refractivity contribution in [1.29, 1.82) is 0 Å². The molecule has 22 heavy (non-hydrogen) atoms. The molecule has 0 radical (unpaired) electrons. The molecule has 116 valence electrons. The SMILES string of the molecule is CCC(=O)[C@H]1CCCCN1C(=O)Cc1c[nH]c2ncccc12. The monoisotopic (exact) mass is 299 g/mol. The lowest BCUT2D eigenvalue weighted by atomic mass is 9.96. The molecule has 0 unspecified atom stereocenters. The molecule has 0 spiro atoms. The maximum atomic E-state index is 12.7. The van der Waals surface area contributed by atoms with E-state index in [0.717, 1.165) is 35.9 Å². The van der Waals surface area contributed by atoms with E-state index in [4.69, 9.17) is 0 Å². The Morgan fingerprint density at radius 3 is 3.09 bits per heavy atom. The van der Waals surface area contributed by atoms with Crippen LogP contribution in [0.1, 0.15) is 38.2 Å². The van der Waals surface area contributed by atoms with Gasteiger partial charge in [0.05, 0.1) is 12.5 Å². The predicted octanol–water partition coefficient (Wildman–Crippen LogP) is 2.47. The molecule has 3 heterocycles. The molecule has 0 aliphatic carbocycles. The van der Waals surface area contributed by atoms with Crippen LogP contribution in [0.2, 0.25) is 0 Å². The molecular formula is C17H21N3O2. The van der Waals surface area contributed by atoms with Crippen LogP contribution in [0.25, 0.3) is 11.0 Å². The Bertz CT molecular complexity index is 692. The van der Waals surface area contributed by atoms with Gasteiger partial charge in [-0.2, -0.15) is 0 Å². The van der Waals surface area contributed by atoms with Crippen LogP contribution < -0.4 is 0 Å². The molecule has 5 heteroatoms. The first-order chi connectivity index (χ1) is 10.7. The normalized spacial score (nSPS) is 18.6. The summed E-state index contributed by atoms with van der Waals surface area (Å²) >= 11 is 0. The molecule has 3 rings (SSSR count). The summed E-state index contributed by atoms with van der Waals surface area (Å²) in [7, 11) is 0. The summed E-state index contributed by atoms with van der Waals surface area (Å²) < 4.78 is 0. The lowest BCUT2D eigenvalue weighted by Gasteiger charge is -2.34. The van der Waals surface area contributed by atoms with Gasteiger partial charge in [-0.3, -0.25) is 9.59 Å². The van der Waals surface area contributed by atoms with Crippen LogP contribution in [0.4, 0.5) is 0 Å².